The number of aryl methyl sites for hydroxylation is 1. The molecule has 27 heavy (non-hydrogen) atoms. The van der Waals surface area contributed by atoms with Crippen molar-refractivity contribution in [3.05, 3.63) is 29.8 Å². The van der Waals surface area contributed by atoms with E-state index in [4.69, 9.17) is 9.47 Å². The van der Waals surface area contributed by atoms with Crippen molar-refractivity contribution in [3.63, 3.8) is 0 Å². The molecule has 1 aromatic carbocycles. The minimum absolute atomic E-state index is 0. The summed E-state index contributed by atoms with van der Waals surface area (Å²) in [6, 6.07) is 8.02. The summed E-state index contributed by atoms with van der Waals surface area (Å²) in [5.41, 5.74) is 0.444. The predicted molar refractivity (Wildman–Crippen MR) is 110 cm³/mol. The highest BCUT2D eigenvalue weighted by molar-refractivity contribution is 5.86. The van der Waals surface area contributed by atoms with E-state index in [0.717, 1.165) is 58.0 Å². The van der Waals surface area contributed by atoms with Gasteiger partial charge in [-0.2, -0.15) is 0 Å². The molecule has 5 nitrogen and oxygen atoms in total. The van der Waals surface area contributed by atoms with E-state index in [9.17, 15) is 4.79 Å². The number of likely N-dealkylation sites (N-methyl/N-ethyl adjacent to an activating group) is 1. The van der Waals surface area contributed by atoms with Crippen LogP contribution in [0.5, 0.6) is 5.75 Å². The Hall–Kier alpha value is -1.30. The van der Waals surface area contributed by atoms with Gasteiger partial charge in [0.15, 0.2) is 5.60 Å². The topological polar surface area (TPSA) is 50.8 Å². The summed E-state index contributed by atoms with van der Waals surface area (Å²) in [7, 11) is 0. The second-order valence-electron chi connectivity index (χ2n) is 7.56. The highest BCUT2D eigenvalue weighted by Gasteiger charge is 2.44. The maximum Gasteiger partial charge on any atom is 0.266 e. The summed E-state index contributed by atoms with van der Waals surface area (Å²) in [6.45, 7) is 8.91. The Labute approximate surface area is 169 Å². The van der Waals surface area contributed by atoms with Crippen molar-refractivity contribution in [2.45, 2.75) is 45.1 Å². The summed E-state index contributed by atoms with van der Waals surface area (Å²) in [5, 5.41) is 3.36. The van der Waals surface area contributed by atoms with E-state index in [-0.39, 0.29) is 18.3 Å². The van der Waals surface area contributed by atoms with Crippen molar-refractivity contribution < 1.29 is 14.3 Å². The van der Waals surface area contributed by atoms with E-state index < -0.39 is 5.60 Å². The maximum absolute atomic E-state index is 13.5. The van der Waals surface area contributed by atoms with Crippen LogP contribution in [0.2, 0.25) is 0 Å². The summed E-state index contributed by atoms with van der Waals surface area (Å²) in [5.74, 6) is 1.47. The molecule has 0 saturated carbocycles. The zero-order valence-corrected chi connectivity index (χ0v) is 17.4. The number of halogens is 1. The van der Waals surface area contributed by atoms with Gasteiger partial charge in [-0.15, -0.1) is 12.4 Å². The molecule has 2 fully saturated rings. The van der Waals surface area contributed by atoms with Gasteiger partial charge in [0.1, 0.15) is 5.75 Å². The van der Waals surface area contributed by atoms with E-state index in [0.29, 0.717) is 18.8 Å². The molecule has 0 aliphatic carbocycles. The fourth-order valence-electron chi connectivity index (χ4n) is 3.91. The lowest BCUT2D eigenvalue weighted by molar-refractivity contribution is -0.151. The third kappa shape index (κ3) is 5.59. The summed E-state index contributed by atoms with van der Waals surface area (Å²) in [6.07, 6.45) is 3.50. The van der Waals surface area contributed by atoms with E-state index in [2.05, 4.69) is 19.2 Å². The summed E-state index contributed by atoms with van der Waals surface area (Å²) < 4.78 is 11.8. The number of piperidine rings is 1. The first-order chi connectivity index (χ1) is 12.6. The summed E-state index contributed by atoms with van der Waals surface area (Å²) >= 11 is 0. The molecule has 1 aromatic rings. The third-order valence-electron chi connectivity index (χ3n) is 5.62. The van der Waals surface area contributed by atoms with Crippen molar-refractivity contribution in [1.82, 2.24) is 10.2 Å². The van der Waals surface area contributed by atoms with Crippen LogP contribution in [-0.2, 0) is 9.53 Å². The molecule has 0 spiro atoms. The van der Waals surface area contributed by atoms with Gasteiger partial charge in [0.2, 0.25) is 0 Å². The van der Waals surface area contributed by atoms with Gasteiger partial charge in [0, 0.05) is 39.1 Å². The van der Waals surface area contributed by atoms with Crippen LogP contribution in [0.15, 0.2) is 24.3 Å². The lowest BCUT2D eigenvalue weighted by Gasteiger charge is -2.41. The molecule has 2 saturated heterocycles. The molecule has 152 valence electrons. The number of amides is 1. The Morgan fingerprint density at radius 1 is 1.22 bits per heavy atom. The number of hydrogen-bond donors (Lipinski definition) is 1. The number of nitrogens with one attached hydrogen (secondary N) is 1. The van der Waals surface area contributed by atoms with Gasteiger partial charge in [0.05, 0.1) is 0 Å². The molecular weight excluding hydrogens is 364 g/mol. The third-order valence-corrected chi connectivity index (χ3v) is 5.62. The van der Waals surface area contributed by atoms with Crippen LogP contribution in [0.1, 0.15) is 38.2 Å². The van der Waals surface area contributed by atoms with Crippen LogP contribution in [0.25, 0.3) is 0 Å². The fourth-order valence-corrected chi connectivity index (χ4v) is 3.91. The molecule has 0 atom stereocenters. The van der Waals surface area contributed by atoms with Gasteiger partial charge in [-0.3, -0.25) is 4.79 Å². The molecule has 2 heterocycles. The van der Waals surface area contributed by atoms with E-state index >= 15 is 0 Å². The molecule has 0 bridgehead atoms. The Bertz CT molecular complexity index is 582. The van der Waals surface area contributed by atoms with Crippen molar-refractivity contribution in [1.29, 1.82) is 0 Å². The molecule has 0 aromatic heterocycles. The number of hydrogen-bond acceptors (Lipinski definition) is 4. The maximum atomic E-state index is 13.5. The Morgan fingerprint density at radius 3 is 2.44 bits per heavy atom. The molecule has 0 unspecified atom stereocenters. The second-order valence-corrected chi connectivity index (χ2v) is 7.56. The molecular formula is C21H33ClN2O3. The first-order valence-electron chi connectivity index (χ1n) is 9.96. The van der Waals surface area contributed by atoms with Gasteiger partial charge in [-0.05, 0) is 57.8 Å². The lowest BCUT2D eigenvalue weighted by atomic mass is 9.89. The van der Waals surface area contributed by atoms with Crippen LogP contribution >= 0.6 is 12.4 Å². The highest BCUT2D eigenvalue weighted by Crippen LogP contribution is 2.30. The number of benzene rings is 1. The Morgan fingerprint density at radius 2 is 1.85 bits per heavy atom. The average molecular weight is 397 g/mol. The molecule has 6 heteroatoms. The van der Waals surface area contributed by atoms with E-state index in [1.54, 1.807) is 0 Å². The number of carbonyl (C=O) groups excluding carboxylic acids is 1. The monoisotopic (exact) mass is 396 g/mol. The highest BCUT2D eigenvalue weighted by atomic mass is 35.5. The van der Waals surface area contributed by atoms with Crippen LogP contribution in [-0.4, -0.2) is 55.8 Å². The summed E-state index contributed by atoms with van der Waals surface area (Å²) in [4.78, 5) is 15.5. The van der Waals surface area contributed by atoms with Crippen molar-refractivity contribution >= 4 is 18.3 Å². The van der Waals surface area contributed by atoms with Gasteiger partial charge in [-0.1, -0.05) is 17.7 Å². The first kappa shape index (κ1) is 22.0. The number of rotatable bonds is 6. The number of carbonyl (C=O) groups is 1. The smallest absolute Gasteiger partial charge is 0.266 e. The zero-order valence-electron chi connectivity index (χ0n) is 16.5. The SMILES string of the molecule is CCN(CC1CCOCC1)C(=O)C1(Oc2ccc(C)cc2)CCNCC1.Cl. The molecule has 0 radical (unpaired) electrons. The minimum Gasteiger partial charge on any atom is -0.477 e. The Kier molecular flexibility index (Phi) is 8.39. The average Bonchev–Trinajstić information content (AvgIpc) is 2.69. The number of nitrogens with zero attached hydrogens (tertiary/aromatic N) is 1. The minimum atomic E-state index is -0.748. The van der Waals surface area contributed by atoms with Gasteiger partial charge in [-0.25, -0.2) is 0 Å². The first-order valence-corrected chi connectivity index (χ1v) is 9.96. The standard InChI is InChI=1S/C21H32N2O3.ClH/c1-3-23(16-18-8-14-25-15-9-18)20(24)21(10-12-22-13-11-21)26-19-6-4-17(2)5-7-19;/h4-7,18,22H,3,8-16H2,1-2H3;1H. The van der Waals surface area contributed by atoms with Gasteiger partial charge in [0.25, 0.3) is 5.91 Å². The largest absolute Gasteiger partial charge is 0.477 e. The lowest BCUT2D eigenvalue weighted by Crippen LogP contribution is -2.58. The van der Waals surface area contributed by atoms with E-state index in [1.807, 2.05) is 29.2 Å². The number of ether oxygens (including phenoxy) is 2. The molecule has 1 amide bonds. The van der Waals surface area contributed by atoms with Crippen LogP contribution in [0.3, 0.4) is 0 Å². The second kappa shape index (κ2) is 10.3. The fraction of sp³-hybridized carbons (Fsp3) is 0.667. The van der Waals surface area contributed by atoms with Crippen molar-refractivity contribution in [2.24, 2.45) is 5.92 Å². The van der Waals surface area contributed by atoms with Crippen LogP contribution < -0.4 is 10.1 Å². The zero-order chi connectivity index (χ0) is 18.4. The van der Waals surface area contributed by atoms with E-state index in [1.165, 1.54) is 5.56 Å². The van der Waals surface area contributed by atoms with Gasteiger partial charge < -0.3 is 19.7 Å². The molecule has 2 aliphatic heterocycles. The van der Waals surface area contributed by atoms with Crippen LogP contribution in [0, 0.1) is 12.8 Å². The van der Waals surface area contributed by atoms with Crippen molar-refractivity contribution in [2.75, 3.05) is 39.4 Å². The molecule has 3 rings (SSSR count). The molecule has 2 aliphatic rings. The van der Waals surface area contributed by atoms with Crippen molar-refractivity contribution in [3.8, 4) is 5.75 Å². The quantitative estimate of drug-likeness (QED) is 0.802. The van der Waals surface area contributed by atoms with Crippen LogP contribution in [0.4, 0.5) is 0 Å². The Balaban J connectivity index is 0.00000261. The normalized spacial score (nSPS) is 19.8. The predicted octanol–water partition coefficient (Wildman–Crippen LogP) is 3.19. The van der Waals surface area contributed by atoms with Gasteiger partial charge >= 0.3 is 0 Å². The molecule has 1 N–H and O–H groups in total.